The van der Waals surface area contributed by atoms with E-state index >= 15 is 0 Å². The average molecular weight is 432 g/mol. The number of carbonyl (C=O) groups excluding carboxylic acids is 1. The Morgan fingerprint density at radius 1 is 0.871 bits per heavy atom. The third-order valence-electron chi connectivity index (χ3n) is 5.37. The monoisotopic (exact) mass is 431 g/mol. The molecule has 31 heavy (non-hydrogen) atoms. The van der Waals surface area contributed by atoms with Gasteiger partial charge in [0.1, 0.15) is 5.82 Å². The van der Waals surface area contributed by atoms with Gasteiger partial charge in [0.05, 0.1) is 17.5 Å². The van der Waals surface area contributed by atoms with Crippen LogP contribution in [0.2, 0.25) is 5.02 Å². The molecule has 0 radical (unpaired) electrons. The summed E-state index contributed by atoms with van der Waals surface area (Å²) in [4.78, 5) is 17.1. The van der Waals surface area contributed by atoms with Gasteiger partial charge in [-0.05, 0) is 48.2 Å². The number of aryl methyl sites for hydroxylation is 2. The minimum absolute atomic E-state index is 0.00839. The molecule has 4 nitrogen and oxygen atoms in total. The molecule has 0 atom stereocenters. The first kappa shape index (κ1) is 21.1. The highest BCUT2D eigenvalue weighted by Gasteiger charge is 2.11. The molecule has 1 amide bonds. The van der Waals surface area contributed by atoms with E-state index < -0.39 is 0 Å². The minimum atomic E-state index is 0.00839. The smallest absolute Gasteiger partial charge is 0.224 e. The molecule has 0 spiro atoms. The fourth-order valence-electron chi connectivity index (χ4n) is 3.82. The molecule has 5 heteroatoms. The Kier molecular flexibility index (Phi) is 7.00. The van der Waals surface area contributed by atoms with Crippen LogP contribution in [0.25, 0.3) is 11.0 Å². The zero-order chi connectivity index (χ0) is 21.5. The number of rotatable bonds is 9. The number of fused-ring (bicyclic) bond motifs is 1. The van der Waals surface area contributed by atoms with E-state index in [1.165, 1.54) is 5.56 Å². The van der Waals surface area contributed by atoms with Crippen LogP contribution in [-0.4, -0.2) is 22.0 Å². The molecule has 0 aliphatic heterocycles. The Balaban J connectivity index is 1.36. The zero-order valence-corrected chi connectivity index (χ0v) is 18.2. The van der Waals surface area contributed by atoms with E-state index in [1.807, 2.05) is 42.5 Å². The van der Waals surface area contributed by atoms with Crippen molar-refractivity contribution in [2.24, 2.45) is 0 Å². The number of benzene rings is 3. The molecule has 0 saturated carbocycles. The molecule has 0 unspecified atom stereocenters. The van der Waals surface area contributed by atoms with Gasteiger partial charge >= 0.3 is 0 Å². The second kappa shape index (κ2) is 10.3. The first-order valence-corrected chi connectivity index (χ1v) is 11.1. The molecular formula is C26H26ClN3O. The number of para-hydroxylation sites is 2. The van der Waals surface area contributed by atoms with E-state index in [9.17, 15) is 4.79 Å². The van der Waals surface area contributed by atoms with E-state index in [4.69, 9.17) is 16.6 Å². The fourth-order valence-corrected chi connectivity index (χ4v) is 3.94. The first-order valence-electron chi connectivity index (χ1n) is 10.7. The SMILES string of the molecule is O=C(Cc1ccc(Cl)cc1)NCCc1nc2ccccc2n1CCCc1ccccc1. The lowest BCUT2D eigenvalue weighted by molar-refractivity contribution is -0.120. The number of hydrogen-bond donors (Lipinski definition) is 1. The lowest BCUT2D eigenvalue weighted by atomic mass is 10.1. The van der Waals surface area contributed by atoms with Crippen molar-refractivity contribution >= 4 is 28.5 Å². The lowest BCUT2D eigenvalue weighted by Gasteiger charge is -2.10. The Hall–Kier alpha value is -3.11. The molecule has 1 heterocycles. The van der Waals surface area contributed by atoms with Gasteiger partial charge in [0, 0.05) is 24.5 Å². The zero-order valence-electron chi connectivity index (χ0n) is 17.4. The molecule has 0 aliphatic rings. The Morgan fingerprint density at radius 3 is 2.42 bits per heavy atom. The van der Waals surface area contributed by atoms with Gasteiger partial charge in [0.25, 0.3) is 0 Å². The largest absolute Gasteiger partial charge is 0.355 e. The van der Waals surface area contributed by atoms with Gasteiger partial charge in [-0.15, -0.1) is 0 Å². The molecule has 3 aromatic carbocycles. The molecule has 1 aromatic heterocycles. The predicted octanol–water partition coefficient (Wildman–Crippen LogP) is 5.22. The maximum absolute atomic E-state index is 12.3. The summed E-state index contributed by atoms with van der Waals surface area (Å²) in [5, 5.41) is 3.70. The van der Waals surface area contributed by atoms with E-state index in [0.717, 1.165) is 41.8 Å². The van der Waals surface area contributed by atoms with Gasteiger partial charge in [-0.3, -0.25) is 4.79 Å². The Morgan fingerprint density at radius 2 is 1.61 bits per heavy atom. The third-order valence-corrected chi connectivity index (χ3v) is 5.62. The average Bonchev–Trinajstić information content (AvgIpc) is 3.14. The topological polar surface area (TPSA) is 46.9 Å². The number of nitrogens with one attached hydrogen (secondary N) is 1. The van der Waals surface area contributed by atoms with E-state index in [1.54, 1.807) is 0 Å². The van der Waals surface area contributed by atoms with Crippen LogP contribution >= 0.6 is 11.6 Å². The highest BCUT2D eigenvalue weighted by molar-refractivity contribution is 6.30. The molecule has 0 bridgehead atoms. The third kappa shape index (κ3) is 5.74. The maximum Gasteiger partial charge on any atom is 0.224 e. The van der Waals surface area contributed by atoms with Crippen molar-refractivity contribution in [1.29, 1.82) is 0 Å². The van der Waals surface area contributed by atoms with Gasteiger partial charge in [-0.2, -0.15) is 0 Å². The van der Waals surface area contributed by atoms with E-state index in [-0.39, 0.29) is 5.91 Å². The molecule has 158 valence electrons. The van der Waals surface area contributed by atoms with Gasteiger partial charge in [0.2, 0.25) is 5.91 Å². The fraction of sp³-hybridized carbons (Fsp3) is 0.231. The van der Waals surface area contributed by atoms with Crippen molar-refractivity contribution in [2.75, 3.05) is 6.54 Å². The van der Waals surface area contributed by atoms with Crippen molar-refractivity contribution in [3.63, 3.8) is 0 Å². The highest BCUT2D eigenvalue weighted by Crippen LogP contribution is 2.18. The summed E-state index contributed by atoms with van der Waals surface area (Å²) in [6, 6.07) is 26.2. The number of amides is 1. The number of hydrogen-bond acceptors (Lipinski definition) is 2. The molecule has 0 saturated heterocycles. The van der Waals surface area contributed by atoms with Crippen molar-refractivity contribution in [2.45, 2.75) is 32.2 Å². The summed E-state index contributed by atoms with van der Waals surface area (Å²) in [6.07, 6.45) is 3.13. The highest BCUT2D eigenvalue weighted by atomic mass is 35.5. The number of carbonyl (C=O) groups is 1. The summed E-state index contributed by atoms with van der Waals surface area (Å²) in [5.41, 5.74) is 4.46. The number of aromatic nitrogens is 2. The summed E-state index contributed by atoms with van der Waals surface area (Å²) >= 11 is 5.91. The summed E-state index contributed by atoms with van der Waals surface area (Å²) in [6.45, 7) is 1.47. The predicted molar refractivity (Wildman–Crippen MR) is 126 cm³/mol. The van der Waals surface area contributed by atoms with Crippen molar-refractivity contribution in [3.8, 4) is 0 Å². The number of imidazole rings is 1. The molecule has 4 rings (SSSR count). The number of halogens is 1. The molecule has 4 aromatic rings. The molecular weight excluding hydrogens is 406 g/mol. The van der Waals surface area contributed by atoms with Crippen LogP contribution < -0.4 is 5.32 Å². The summed E-state index contributed by atoms with van der Waals surface area (Å²) in [7, 11) is 0. The normalized spacial score (nSPS) is 11.0. The van der Waals surface area contributed by atoms with Crippen LogP contribution in [0.5, 0.6) is 0 Å². The number of nitrogens with zero attached hydrogens (tertiary/aromatic N) is 2. The summed E-state index contributed by atoms with van der Waals surface area (Å²) in [5.74, 6) is 1.02. The van der Waals surface area contributed by atoms with Crippen molar-refractivity contribution < 1.29 is 4.79 Å². The summed E-state index contributed by atoms with van der Waals surface area (Å²) < 4.78 is 2.30. The quantitative estimate of drug-likeness (QED) is 0.394. The lowest BCUT2D eigenvalue weighted by Crippen LogP contribution is -2.28. The van der Waals surface area contributed by atoms with Crippen molar-refractivity contribution in [1.82, 2.24) is 14.9 Å². The first-order chi connectivity index (χ1) is 15.2. The van der Waals surface area contributed by atoms with Crippen LogP contribution in [0.15, 0.2) is 78.9 Å². The van der Waals surface area contributed by atoms with Crippen LogP contribution in [0.1, 0.15) is 23.4 Å². The molecule has 0 fully saturated rings. The standard InChI is InChI=1S/C26H26ClN3O/c27-22-14-12-21(13-15-22)19-26(31)28-17-16-25-29-23-10-4-5-11-24(23)30(25)18-6-9-20-7-2-1-3-8-20/h1-5,7-8,10-15H,6,9,16-19H2,(H,28,31). The van der Waals surface area contributed by atoms with E-state index in [0.29, 0.717) is 24.4 Å². The van der Waals surface area contributed by atoms with Gasteiger partial charge in [0.15, 0.2) is 0 Å². The van der Waals surface area contributed by atoms with Crippen LogP contribution in [0.3, 0.4) is 0 Å². The van der Waals surface area contributed by atoms with Crippen LogP contribution in [0, 0.1) is 0 Å². The minimum Gasteiger partial charge on any atom is -0.355 e. The Bertz CT molecular complexity index is 1140. The Labute approximate surface area is 187 Å². The van der Waals surface area contributed by atoms with Crippen molar-refractivity contribution in [3.05, 3.63) is 101 Å². The van der Waals surface area contributed by atoms with Crippen LogP contribution in [-0.2, 0) is 30.6 Å². The van der Waals surface area contributed by atoms with Gasteiger partial charge in [-0.1, -0.05) is 66.2 Å². The van der Waals surface area contributed by atoms with Crippen LogP contribution in [0.4, 0.5) is 0 Å². The second-order valence-electron chi connectivity index (χ2n) is 7.66. The molecule has 0 aliphatic carbocycles. The van der Waals surface area contributed by atoms with Gasteiger partial charge in [-0.25, -0.2) is 4.98 Å². The van der Waals surface area contributed by atoms with Gasteiger partial charge < -0.3 is 9.88 Å². The van der Waals surface area contributed by atoms with E-state index in [2.05, 4.69) is 46.3 Å². The second-order valence-corrected chi connectivity index (χ2v) is 8.10. The maximum atomic E-state index is 12.3. The molecule has 1 N–H and O–H groups in total.